The van der Waals surface area contributed by atoms with Crippen molar-refractivity contribution in [3.8, 4) is 0 Å². The largest absolute Gasteiger partial charge is 0.479 e. The molecular weight excluding hydrogens is 264 g/mol. The first kappa shape index (κ1) is 13.9. The monoisotopic (exact) mass is 282 g/mol. The molecule has 1 unspecified atom stereocenters. The van der Waals surface area contributed by atoms with Crippen LogP contribution in [0.4, 0.5) is 10.5 Å². The molecule has 5 nitrogen and oxygen atoms in total. The van der Waals surface area contributed by atoms with Gasteiger partial charge in [-0.05, 0) is 30.7 Å². The number of thiophene rings is 1. The predicted molar refractivity (Wildman–Crippen MR) is 74.6 cm³/mol. The number of likely N-dealkylation sites (tertiary alicyclic amines) is 1. The molecule has 0 aliphatic carbocycles. The summed E-state index contributed by atoms with van der Waals surface area (Å²) in [5.41, 5.74) is -0.313. The van der Waals surface area contributed by atoms with Crippen LogP contribution in [0.15, 0.2) is 16.8 Å². The lowest BCUT2D eigenvalue weighted by Crippen LogP contribution is -2.54. The lowest BCUT2D eigenvalue weighted by molar-refractivity contribution is -0.148. The zero-order valence-corrected chi connectivity index (χ0v) is 11.7. The fraction of sp³-hybridized carbons (Fsp3) is 0.538. The second kappa shape index (κ2) is 5.61. The van der Waals surface area contributed by atoms with Crippen molar-refractivity contribution in [3.63, 3.8) is 0 Å². The SMILES string of the molecule is CCCC1(C(=O)O)CCCN1C(=O)Nc1ccsc1. The van der Waals surface area contributed by atoms with Gasteiger partial charge < -0.3 is 15.3 Å². The summed E-state index contributed by atoms with van der Waals surface area (Å²) in [6, 6.07) is 1.49. The normalized spacial score (nSPS) is 22.5. The minimum absolute atomic E-state index is 0.313. The van der Waals surface area contributed by atoms with Crippen LogP contribution in [0.3, 0.4) is 0 Å². The lowest BCUT2D eigenvalue weighted by atomic mass is 9.91. The summed E-state index contributed by atoms with van der Waals surface area (Å²) in [6.07, 6.45) is 2.52. The van der Waals surface area contributed by atoms with E-state index in [4.69, 9.17) is 0 Å². The Kier molecular flexibility index (Phi) is 4.09. The molecule has 1 aliphatic heterocycles. The summed E-state index contributed by atoms with van der Waals surface area (Å²) in [4.78, 5) is 25.4. The number of nitrogens with one attached hydrogen (secondary N) is 1. The number of rotatable bonds is 4. The number of carbonyl (C=O) groups excluding carboxylic acids is 1. The molecule has 1 saturated heterocycles. The van der Waals surface area contributed by atoms with E-state index in [-0.39, 0.29) is 6.03 Å². The van der Waals surface area contributed by atoms with E-state index in [0.29, 0.717) is 19.4 Å². The van der Waals surface area contributed by atoms with Crippen LogP contribution in [0.5, 0.6) is 0 Å². The molecule has 2 amide bonds. The van der Waals surface area contributed by atoms with E-state index in [1.54, 1.807) is 6.07 Å². The zero-order valence-electron chi connectivity index (χ0n) is 10.9. The summed E-state index contributed by atoms with van der Waals surface area (Å²) in [5.74, 6) is -0.896. The number of carbonyl (C=O) groups is 2. The summed E-state index contributed by atoms with van der Waals surface area (Å²) in [5, 5.41) is 16.0. The van der Waals surface area contributed by atoms with Crippen LogP contribution in [0.1, 0.15) is 32.6 Å². The molecule has 1 aliphatic rings. The van der Waals surface area contributed by atoms with E-state index in [0.717, 1.165) is 18.5 Å². The molecule has 0 saturated carbocycles. The second-order valence-corrected chi connectivity index (χ2v) is 5.56. The molecule has 1 aromatic heterocycles. The maximum absolute atomic E-state index is 12.3. The molecule has 104 valence electrons. The molecule has 0 aromatic carbocycles. The predicted octanol–water partition coefficient (Wildman–Crippen LogP) is 3.00. The van der Waals surface area contributed by atoms with Gasteiger partial charge >= 0.3 is 12.0 Å². The third kappa shape index (κ3) is 2.58. The van der Waals surface area contributed by atoms with E-state index in [1.165, 1.54) is 16.2 Å². The lowest BCUT2D eigenvalue weighted by Gasteiger charge is -2.34. The second-order valence-electron chi connectivity index (χ2n) is 4.78. The Hall–Kier alpha value is -1.56. The molecular formula is C13H18N2O3S. The van der Waals surface area contributed by atoms with Gasteiger partial charge in [0.15, 0.2) is 0 Å². The van der Waals surface area contributed by atoms with E-state index in [2.05, 4.69) is 5.32 Å². The van der Waals surface area contributed by atoms with Gasteiger partial charge in [-0.25, -0.2) is 9.59 Å². The van der Waals surface area contributed by atoms with Crippen molar-refractivity contribution < 1.29 is 14.7 Å². The third-order valence-corrected chi connectivity index (χ3v) is 4.25. The number of hydrogen-bond acceptors (Lipinski definition) is 3. The van der Waals surface area contributed by atoms with Gasteiger partial charge in [-0.1, -0.05) is 13.3 Å². The van der Waals surface area contributed by atoms with Crippen LogP contribution < -0.4 is 5.32 Å². The van der Waals surface area contributed by atoms with Crippen LogP contribution in [-0.4, -0.2) is 34.1 Å². The number of carboxylic acid groups (broad SMARTS) is 1. The third-order valence-electron chi connectivity index (χ3n) is 3.57. The van der Waals surface area contributed by atoms with Gasteiger partial charge in [0, 0.05) is 11.9 Å². The highest BCUT2D eigenvalue weighted by Crippen LogP contribution is 2.34. The average Bonchev–Trinajstić information content (AvgIpc) is 2.99. The summed E-state index contributed by atoms with van der Waals surface area (Å²) < 4.78 is 0. The van der Waals surface area contributed by atoms with Gasteiger partial charge in [0.25, 0.3) is 0 Å². The van der Waals surface area contributed by atoms with E-state index in [9.17, 15) is 14.7 Å². The molecule has 2 heterocycles. The molecule has 0 radical (unpaired) electrons. The Morgan fingerprint density at radius 3 is 2.95 bits per heavy atom. The topological polar surface area (TPSA) is 69.6 Å². The van der Waals surface area contributed by atoms with Gasteiger partial charge in [0.1, 0.15) is 5.54 Å². The standard InChI is InChI=1S/C13H18N2O3S/c1-2-5-13(11(16)17)6-3-7-15(13)12(18)14-10-4-8-19-9-10/h4,8-9H,2-3,5-7H2,1H3,(H,14,18)(H,16,17). The minimum atomic E-state index is -1.03. The Morgan fingerprint density at radius 2 is 2.37 bits per heavy atom. The Balaban J connectivity index is 2.17. The molecule has 1 aromatic rings. The number of carboxylic acids is 1. The fourth-order valence-electron chi connectivity index (χ4n) is 2.70. The van der Waals surface area contributed by atoms with Crippen LogP contribution >= 0.6 is 11.3 Å². The summed E-state index contributed by atoms with van der Waals surface area (Å²) in [6.45, 7) is 2.44. The van der Waals surface area contributed by atoms with Gasteiger partial charge in [-0.3, -0.25) is 0 Å². The number of aliphatic carboxylic acids is 1. The molecule has 2 N–H and O–H groups in total. The van der Waals surface area contributed by atoms with Gasteiger partial charge in [0.05, 0.1) is 5.69 Å². The highest BCUT2D eigenvalue weighted by molar-refractivity contribution is 7.08. The van der Waals surface area contributed by atoms with Crippen LogP contribution in [-0.2, 0) is 4.79 Å². The Labute approximate surface area is 116 Å². The van der Waals surface area contributed by atoms with Crippen molar-refractivity contribution >= 4 is 29.0 Å². The molecule has 0 spiro atoms. The summed E-state index contributed by atoms with van der Waals surface area (Å²) >= 11 is 1.49. The van der Waals surface area contributed by atoms with Gasteiger partial charge in [-0.15, -0.1) is 0 Å². The molecule has 19 heavy (non-hydrogen) atoms. The van der Waals surface area contributed by atoms with E-state index in [1.807, 2.05) is 17.7 Å². The molecule has 1 atom stereocenters. The quantitative estimate of drug-likeness (QED) is 0.892. The first-order chi connectivity index (χ1) is 9.10. The van der Waals surface area contributed by atoms with Crippen molar-refractivity contribution in [2.75, 3.05) is 11.9 Å². The summed E-state index contributed by atoms with van der Waals surface area (Å²) in [7, 11) is 0. The average molecular weight is 282 g/mol. The number of urea groups is 1. The van der Waals surface area contributed by atoms with Crippen molar-refractivity contribution in [1.29, 1.82) is 0 Å². The molecule has 2 rings (SSSR count). The first-order valence-electron chi connectivity index (χ1n) is 6.44. The molecule has 0 bridgehead atoms. The number of hydrogen-bond donors (Lipinski definition) is 2. The van der Waals surface area contributed by atoms with Gasteiger partial charge in [0.2, 0.25) is 0 Å². The first-order valence-corrected chi connectivity index (χ1v) is 7.38. The van der Waals surface area contributed by atoms with Crippen molar-refractivity contribution in [2.24, 2.45) is 0 Å². The smallest absolute Gasteiger partial charge is 0.329 e. The van der Waals surface area contributed by atoms with Crippen molar-refractivity contribution in [3.05, 3.63) is 16.8 Å². The molecule has 1 fully saturated rings. The fourth-order valence-corrected chi connectivity index (χ4v) is 3.29. The maximum Gasteiger partial charge on any atom is 0.329 e. The van der Waals surface area contributed by atoms with Crippen LogP contribution in [0.2, 0.25) is 0 Å². The van der Waals surface area contributed by atoms with Crippen molar-refractivity contribution in [2.45, 2.75) is 38.1 Å². The van der Waals surface area contributed by atoms with Crippen LogP contribution in [0.25, 0.3) is 0 Å². The highest BCUT2D eigenvalue weighted by atomic mass is 32.1. The maximum atomic E-state index is 12.3. The van der Waals surface area contributed by atoms with E-state index >= 15 is 0 Å². The van der Waals surface area contributed by atoms with Crippen molar-refractivity contribution in [1.82, 2.24) is 4.90 Å². The Morgan fingerprint density at radius 1 is 1.58 bits per heavy atom. The number of amides is 2. The van der Waals surface area contributed by atoms with E-state index < -0.39 is 11.5 Å². The Bertz CT molecular complexity index is 460. The van der Waals surface area contributed by atoms with Crippen LogP contribution in [0, 0.1) is 0 Å². The minimum Gasteiger partial charge on any atom is -0.479 e. The van der Waals surface area contributed by atoms with Gasteiger partial charge in [-0.2, -0.15) is 11.3 Å². The molecule has 6 heteroatoms. The zero-order chi connectivity index (χ0) is 13.9. The number of nitrogens with zero attached hydrogens (tertiary/aromatic N) is 1. The highest BCUT2D eigenvalue weighted by Gasteiger charge is 2.49. The number of anilines is 1.